The van der Waals surface area contributed by atoms with Crippen molar-refractivity contribution in [3.8, 4) is 0 Å². The predicted octanol–water partition coefficient (Wildman–Crippen LogP) is 2.61. The van der Waals surface area contributed by atoms with Gasteiger partial charge >= 0.3 is 11.9 Å². The van der Waals surface area contributed by atoms with Crippen molar-refractivity contribution in [1.29, 1.82) is 0 Å². The van der Waals surface area contributed by atoms with Gasteiger partial charge in [0.15, 0.2) is 6.61 Å². The summed E-state index contributed by atoms with van der Waals surface area (Å²) in [6.07, 6.45) is 0. The summed E-state index contributed by atoms with van der Waals surface area (Å²) < 4.78 is 9.63. The van der Waals surface area contributed by atoms with Crippen LogP contribution in [0, 0.1) is 13.8 Å². The molecular formula is C19H19ClN2O5. The maximum Gasteiger partial charge on any atom is 0.342 e. The molecule has 142 valence electrons. The standard InChI is InChI=1S/C19H19ClN2O5/c1-11-8-12(2)22-17(20)16(11)19(25)27-10-15(23)21-9-13-4-6-14(7-5-13)18(24)26-3/h4-8H,9-10H2,1-3H3,(H,21,23). The van der Waals surface area contributed by atoms with Crippen LogP contribution in [0.25, 0.3) is 0 Å². The van der Waals surface area contributed by atoms with Crippen LogP contribution in [-0.4, -0.2) is 36.5 Å². The van der Waals surface area contributed by atoms with Crippen LogP contribution in [0.1, 0.15) is 37.5 Å². The number of methoxy groups -OCH3 is 1. The predicted molar refractivity (Wildman–Crippen MR) is 98.6 cm³/mol. The first-order valence-corrected chi connectivity index (χ1v) is 8.44. The van der Waals surface area contributed by atoms with Crippen LogP contribution in [0.2, 0.25) is 5.15 Å². The molecule has 0 fully saturated rings. The van der Waals surface area contributed by atoms with Gasteiger partial charge < -0.3 is 14.8 Å². The van der Waals surface area contributed by atoms with Crippen molar-refractivity contribution < 1.29 is 23.9 Å². The summed E-state index contributed by atoms with van der Waals surface area (Å²) in [7, 11) is 1.30. The number of hydrogen-bond donors (Lipinski definition) is 1. The third kappa shape index (κ3) is 5.52. The molecule has 0 aliphatic heterocycles. The number of hydrogen-bond acceptors (Lipinski definition) is 6. The Morgan fingerprint density at radius 2 is 1.78 bits per heavy atom. The Labute approximate surface area is 161 Å². The molecule has 1 aromatic heterocycles. The molecule has 8 heteroatoms. The van der Waals surface area contributed by atoms with Crippen LogP contribution in [-0.2, 0) is 20.8 Å². The van der Waals surface area contributed by atoms with Gasteiger partial charge in [0, 0.05) is 12.2 Å². The van der Waals surface area contributed by atoms with E-state index in [-0.39, 0.29) is 17.3 Å². The van der Waals surface area contributed by atoms with E-state index < -0.39 is 24.5 Å². The summed E-state index contributed by atoms with van der Waals surface area (Å²) in [6.45, 7) is 3.26. The topological polar surface area (TPSA) is 94.6 Å². The minimum Gasteiger partial charge on any atom is -0.465 e. The molecule has 1 heterocycles. The van der Waals surface area contributed by atoms with Crippen molar-refractivity contribution in [3.63, 3.8) is 0 Å². The van der Waals surface area contributed by atoms with E-state index in [1.807, 2.05) is 0 Å². The van der Waals surface area contributed by atoms with E-state index in [0.717, 1.165) is 5.56 Å². The van der Waals surface area contributed by atoms with Gasteiger partial charge in [0.25, 0.3) is 5.91 Å². The highest BCUT2D eigenvalue weighted by Gasteiger charge is 2.18. The first kappa shape index (κ1) is 20.4. The van der Waals surface area contributed by atoms with E-state index in [2.05, 4.69) is 15.0 Å². The van der Waals surface area contributed by atoms with Crippen molar-refractivity contribution in [1.82, 2.24) is 10.3 Å². The van der Waals surface area contributed by atoms with Crippen LogP contribution in [0.3, 0.4) is 0 Å². The third-order valence-electron chi connectivity index (χ3n) is 3.70. The number of amides is 1. The van der Waals surface area contributed by atoms with Gasteiger partial charge in [-0.25, -0.2) is 14.6 Å². The van der Waals surface area contributed by atoms with Crippen LogP contribution in [0.4, 0.5) is 0 Å². The molecule has 1 aromatic carbocycles. The van der Waals surface area contributed by atoms with Gasteiger partial charge in [0.05, 0.1) is 18.2 Å². The molecule has 1 N–H and O–H groups in total. The highest BCUT2D eigenvalue weighted by molar-refractivity contribution is 6.32. The van der Waals surface area contributed by atoms with Crippen LogP contribution in [0.5, 0.6) is 0 Å². The molecule has 0 saturated heterocycles. The second-order valence-corrected chi connectivity index (χ2v) is 6.15. The van der Waals surface area contributed by atoms with Crippen molar-refractivity contribution in [2.24, 2.45) is 0 Å². The van der Waals surface area contributed by atoms with E-state index in [4.69, 9.17) is 16.3 Å². The number of halogens is 1. The molecule has 0 radical (unpaired) electrons. The van der Waals surface area contributed by atoms with Crippen molar-refractivity contribution in [2.45, 2.75) is 20.4 Å². The van der Waals surface area contributed by atoms with Gasteiger partial charge in [0.2, 0.25) is 0 Å². The molecule has 0 atom stereocenters. The quantitative estimate of drug-likeness (QED) is 0.601. The molecule has 0 aliphatic rings. The molecule has 0 unspecified atom stereocenters. The highest BCUT2D eigenvalue weighted by Crippen LogP contribution is 2.19. The third-order valence-corrected chi connectivity index (χ3v) is 3.98. The summed E-state index contributed by atoms with van der Waals surface area (Å²) in [5.41, 5.74) is 2.66. The number of aromatic nitrogens is 1. The molecule has 27 heavy (non-hydrogen) atoms. The first-order valence-electron chi connectivity index (χ1n) is 8.06. The molecule has 7 nitrogen and oxygen atoms in total. The number of pyridine rings is 1. The molecule has 0 aliphatic carbocycles. The van der Waals surface area contributed by atoms with E-state index in [1.165, 1.54) is 7.11 Å². The maximum atomic E-state index is 12.1. The van der Waals surface area contributed by atoms with E-state index in [0.29, 0.717) is 16.8 Å². The van der Waals surface area contributed by atoms with Gasteiger partial charge in [-0.15, -0.1) is 0 Å². The normalized spacial score (nSPS) is 10.2. The number of ether oxygens (including phenoxy) is 2. The summed E-state index contributed by atoms with van der Waals surface area (Å²) in [4.78, 5) is 39.4. The van der Waals surface area contributed by atoms with Crippen molar-refractivity contribution in [3.05, 3.63) is 63.4 Å². The van der Waals surface area contributed by atoms with Gasteiger partial charge in [-0.1, -0.05) is 23.7 Å². The average Bonchev–Trinajstić information content (AvgIpc) is 2.63. The number of nitrogens with one attached hydrogen (secondary N) is 1. The lowest BCUT2D eigenvalue weighted by molar-refractivity contribution is -0.124. The van der Waals surface area contributed by atoms with E-state index in [9.17, 15) is 14.4 Å². The summed E-state index contributed by atoms with van der Waals surface area (Å²) in [6, 6.07) is 8.30. The van der Waals surface area contributed by atoms with Crippen molar-refractivity contribution in [2.75, 3.05) is 13.7 Å². The molecule has 1 amide bonds. The van der Waals surface area contributed by atoms with Crippen LogP contribution >= 0.6 is 11.6 Å². The highest BCUT2D eigenvalue weighted by atomic mass is 35.5. The lowest BCUT2D eigenvalue weighted by Crippen LogP contribution is -2.28. The fourth-order valence-corrected chi connectivity index (χ4v) is 2.73. The second kappa shape index (κ2) is 9.14. The van der Waals surface area contributed by atoms with Gasteiger partial charge in [-0.2, -0.15) is 0 Å². The number of aryl methyl sites for hydroxylation is 2. The van der Waals surface area contributed by atoms with Gasteiger partial charge in [-0.3, -0.25) is 4.79 Å². The summed E-state index contributed by atoms with van der Waals surface area (Å²) >= 11 is 5.99. The second-order valence-electron chi connectivity index (χ2n) is 5.79. The number of benzene rings is 1. The van der Waals surface area contributed by atoms with Gasteiger partial charge in [0.1, 0.15) is 5.15 Å². The molecular weight excluding hydrogens is 372 g/mol. The van der Waals surface area contributed by atoms with Gasteiger partial charge in [-0.05, 0) is 43.2 Å². The average molecular weight is 391 g/mol. The Balaban J connectivity index is 1.86. The van der Waals surface area contributed by atoms with Crippen molar-refractivity contribution >= 4 is 29.4 Å². The summed E-state index contributed by atoms with van der Waals surface area (Å²) in [5, 5.41) is 2.67. The zero-order chi connectivity index (χ0) is 20.0. The largest absolute Gasteiger partial charge is 0.465 e. The molecule has 0 saturated carbocycles. The Bertz CT molecular complexity index is 842. The first-order chi connectivity index (χ1) is 12.8. The lowest BCUT2D eigenvalue weighted by atomic mass is 10.1. The number of nitrogens with zero attached hydrogens (tertiary/aromatic N) is 1. The smallest absolute Gasteiger partial charge is 0.342 e. The lowest BCUT2D eigenvalue weighted by Gasteiger charge is -2.10. The number of esters is 2. The fourth-order valence-electron chi connectivity index (χ4n) is 2.37. The SMILES string of the molecule is COC(=O)c1ccc(CNC(=O)COC(=O)c2c(C)cc(C)nc2Cl)cc1. The molecule has 2 aromatic rings. The van der Waals surface area contributed by atoms with Crippen LogP contribution in [0.15, 0.2) is 30.3 Å². The van der Waals surface area contributed by atoms with E-state index >= 15 is 0 Å². The zero-order valence-corrected chi connectivity index (χ0v) is 15.9. The summed E-state index contributed by atoms with van der Waals surface area (Å²) in [5.74, 6) is -1.60. The number of rotatable bonds is 6. The maximum absolute atomic E-state index is 12.1. The monoisotopic (exact) mass is 390 g/mol. The zero-order valence-electron chi connectivity index (χ0n) is 15.2. The Morgan fingerprint density at radius 3 is 2.37 bits per heavy atom. The van der Waals surface area contributed by atoms with E-state index in [1.54, 1.807) is 44.2 Å². The Kier molecular flexibility index (Phi) is 6.90. The number of carbonyl (C=O) groups excluding carboxylic acids is 3. The Morgan fingerprint density at radius 1 is 1.11 bits per heavy atom. The van der Waals surface area contributed by atoms with Crippen LogP contribution < -0.4 is 5.32 Å². The fraction of sp³-hybridized carbons (Fsp3) is 0.263. The molecule has 0 spiro atoms. The minimum atomic E-state index is -0.706. The minimum absolute atomic E-state index is 0.0450. The molecule has 2 rings (SSSR count). The molecule has 0 bridgehead atoms. The Hall–Kier alpha value is -2.93. The number of carbonyl (C=O) groups is 3.